The minimum atomic E-state index is -3.55. The highest BCUT2D eigenvalue weighted by Crippen LogP contribution is 2.30. The number of aromatic nitrogens is 1. The smallest absolute Gasteiger partial charge is 0.243 e. The number of aryl methyl sites for hydroxylation is 1. The topological polar surface area (TPSA) is 50.3 Å². The Morgan fingerprint density at radius 3 is 2.31 bits per heavy atom. The Hall–Kier alpha value is -2.57. The molecule has 132 valence electrons. The van der Waals surface area contributed by atoms with Crippen LogP contribution in [0.1, 0.15) is 16.7 Å². The molecule has 0 radical (unpaired) electrons. The lowest BCUT2D eigenvalue weighted by Gasteiger charge is -2.15. The van der Waals surface area contributed by atoms with Crippen LogP contribution >= 0.6 is 0 Å². The minimum absolute atomic E-state index is 0.294. The van der Waals surface area contributed by atoms with E-state index in [9.17, 15) is 12.8 Å². The molecule has 3 aromatic rings. The van der Waals surface area contributed by atoms with Gasteiger partial charge in [-0.2, -0.15) is 4.31 Å². The van der Waals surface area contributed by atoms with Crippen molar-refractivity contribution in [1.29, 1.82) is 0 Å². The van der Waals surface area contributed by atoms with Crippen LogP contribution in [0.15, 0.2) is 65.7 Å². The molecule has 0 unspecified atom stereocenters. The van der Waals surface area contributed by atoms with Crippen LogP contribution in [-0.4, -0.2) is 17.7 Å². The molecule has 0 aliphatic carbocycles. The van der Waals surface area contributed by atoms with Crippen molar-refractivity contribution in [1.82, 2.24) is 9.29 Å². The molecule has 6 heteroatoms. The van der Waals surface area contributed by atoms with Gasteiger partial charge in [-0.25, -0.2) is 12.8 Å². The summed E-state index contributed by atoms with van der Waals surface area (Å²) in [5, 5.41) is 0. The third-order valence-electron chi connectivity index (χ3n) is 4.58. The van der Waals surface area contributed by atoms with Gasteiger partial charge >= 0.3 is 0 Å². The standard InChI is InChI=1S/C20H17FN2O2S/c1-14-2-8-19(9-3-14)26(24,25)23-12-16-10-20(22-11-17(16)13-23)15-4-6-18(21)7-5-15/h2-11H,12-13H2,1H3. The molecule has 2 aromatic carbocycles. The van der Waals surface area contributed by atoms with Crippen molar-refractivity contribution < 1.29 is 12.8 Å². The second-order valence-electron chi connectivity index (χ2n) is 6.43. The predicted molar refractivity (Wildman–Crippen MR) is 97.2 cm³/mol. The van der Waals surface area contributed by atoms with Crippen LogP contribution in [0.2, 0.25) is 0 Å². The quantitative estimate of drug-likeness (QED) is 0.704. The molecule has 0 bridgehead atoms. The summed E-state index contributed by atoms with van der Waals surface area (Å²) in [6.07, 6.45) is 1.71. The van der Waals surface area contributed by atoms with E-state index in [4.69, 9.17) is 0 Å². The molecule has 4 rings (SSSR count). The van der Waals surface area contributed by atoms with Crippen molar-refractivity contribution in [2.75, 3.05) is 0 Å². The summed E-state index contributed by atoms with van der Waals surface area (Å²) in [4.78, 5) is 4.70. The summed E-state index contributed by atoms with van der Waals surface area (Å²) in [5.74, 6) is -0.301. The van der Waals surface area contributed by atoms with Gasteiger partial charge in [-0.1, -0.05) is 17.7 Å². The molecule has 0 fully saturated rings. The maximum atomic E-state index is 13.1. The average molecular weight is 368 g/mol. The minimum Gasteiger partial charge on any atom is -0.256 e. The maximum Gasteiger partial charge on any atom is 0.243 e. The molecule has 1 aliphatic heterocycles. The molecule has 1 aromatic heterocycles. The number of nitrogens with zero attached hydrogens (tertiary/aromatic N) is 2. The van der Waals surface area contributed by atoms with E-state index in [1.807, 2.05) is 13.0 Å². The van der Waals surface area contributed by atoms with Crippen LogP contribution in [0, 0.1) is 12.7 Å². The van der Waals surface area contributed by atoms with Crippen molar-refractivity contribution in [3.05, 3.63) is 83.3 Å². The SMILES string of the molecule is Cc1ccc(S(=O)(=O)N2Cc3cnc(-c4ccc(F)cc4)cc3C2)cc1. The molecular formula is C20H17FN2O2S. The fraction of sp³-hybridized carbons (Fsp3) is 0.150. The van der Waals surface area contributed by atoms with Crippen LogP contribution in [0.25, 0.3) is 11.3 Å². The lowest BCUT2D eigenvalue weighted by atomic mass is 10.1. The zero-order valence-corrected chi connectivity index (χ0v) is 15.0. The highest BCUT2D eigenvalue weighted by atomic mass is 32.2. The van der Waals surface area contributed by atoms with Crippen molar-refractivity contribution in [3.8, 4) is 11.3 Å². The van der Waals surface area contributed by atoms with E-state index < -0.39 is 10.0 Å². The van der Waals surface area contributed by atoms with Crippen LogP contribution in [0.3, 0.4) is 0 Å². The fourth-order valence-electron chi connectivity index (χ4n) is 3.06. The Kier molecular flexibility index (Phi) is 4.09. The molecule has 4 nitrogen and oxygen atoms in total. The van der Waals surface area contributed by atoms with Crippen LogP contribution < -0.4 is 0 Å². The largest absolute Gasteiger partial charge is 0.256 e. The van der Waals surface area contributed by atoms with Gasteiger partial charge in [0.25, 0.3) is 0 Å². The molecule has 0 N–H and O–H groups in total. The number of pyridine rings is 1. The van der Waals surface area contributed by atoms with E-state index >= 15 is 0 Å². The van der Waals surface area contributed by atoms with Gasteiger partial charge in [0.1, 0.15) is 5.82 Å². The monoisotopic (exact) mass is 368 g/mol. The second-order valence-corrected chi connectivity index (χ2v) is 8.37. The Morgan fingerprint density at radius 1 is 0.962 bits per heavy atom. The van der Waals surface area contributed by atoms with Crippen molar-refractivity contribution >= 4 is 10.0 Å². The summed E-state index contributed by atoms with van der Waals surface area (Å²) in [6, 6.07) is 14.9. The van der Waals surface area contributed by atoms with Crippen LogP contribution in [-0.2, 0) is 23.1 Å². The summed E-state index contributed by atoms with van der Waals surface area (Å²) in [6.45, 7) is 2.54. The lowest BCUT2D eigenvalue weighted by molar-refractivity contribution is 0.431. The average Bonchev–Trinajstić information content (AvgIpc) is 3.07. The van der Waals surface area contributed by atoms with Crippen molar-refractivity contribution in [2.45, 2.75) is 24.9 Å². The van der Waals surface area contributed by atoms with Gasteiger partial charge < -0.3 is 0 Å². The molecule has 0 saturated heterocycles. The van der Waals surface area contributed by atoms with Crippen molar-refractivity contribution in [2.24, 2.45) is 0 Å². The maximum absolute atomic E-state index is 13.1. The van der Waals surface area contributed by atoms with Gasteiger partial charge in [-0.3, -0.25) is 4.98 Å². The van der Waals surface area contributed by atoms with E-state index in [1.54, 1.807) is 42.6 Å². The van der Waals surface area contributed by atoms with E-state index in [0.717, 1.165) is 22.3 Å². The van der Waals surface area contributed by atoms with E-state index in [1.165, 1.54) is 16.4 Å². The number of benzene rings is 2. The molecular weight excluding hydrogens is 351 g/mol. The molecule has 0 spiro atoms. The lowest BCUT2D eigenvalue weighted by Crippen LogP contribution is -2.25. The zero-order chi connectivity index (χ0) is 18.3. The number of sulfonamides is 1. The molecule has 0 atom stereocenters. The fourth-order valence-corrected chi connectivity index (χ4v) is 4.45. The van der Waals surface area contributed by atoms with Gasteiger partial charge in [-0.15, -0.1) is 0 Å². The summed E-state index contributed by atoms with van der Waals surface area (Å²) >= 11 is 0. The van der Waals surface area contributed by atoms with Crippen LogP contribution in [0.5, 0.6) is 0 Å². The van der Waals surface area contributed by atoms with Gasteiger partial charge in [0, 0.05) is 24.8 Å². The summed E-state index contributed by atoms with van der Waals surface area (Å²) in [5.41, 5.74) is 4.34. The molecule has 26 heavy (non-hydrogen) atoms. The number of hydrogen-bond donors (Lipinski definition) is 0. The Bertz CT molecular complexity index is 1060. The molecule has 1 aliphatic rings. The number of hydrogen-bond acceptors (Lipinski definition) is 3. The predicted octanol–water partition coefficient (Wildman–Crippen LogP) is 3.90. The normalized spacial score (nSPS) is 14.4. The third-order valence-corrected chi connectivity index (χ3v) is 6.38. The number of halogens is 1. The first kappa shape index (κ1) is 16.9. The third kappa shape index (κ3) is 3.02. The Labute approximate surface area is 152 Å². The first-order chi connectivity index (χ1) is 12.4. The number of fused-ring (bicyclic) bond motifs is 1. The molecule has 0 amide bonds. The first-order valence-electron chi connectivity index (χ1n) is 8.24. The van der Waals surface area contributed by atoms with Gasteiger partial charge in [0.15, 0.2) is 0 Å². The molecule has 0 saturated carbocycles. The summed E-state index contributed by atoms with van der Waals surface area (Å²) in [7, 11) is -3.55. The van der Waals surface area contributed by atoms with Gasteiger partial charge in [-0.05, 0) is 60.5 Å². The van der Waals surface area contributed by atoms with Crippen LogP contribution in [0.4, 0.5) is 4.39 Å². The highest BCUT2D eigenvalue weighted by Gasteiger charge is 2.31. The van der Waals surface area contributed by atoms with Gasteiger partial charge in [0.05, 0.1) is 10.6 Å². The first-order valence-corrected chi connectivity index (χ1v) is 9.68. The van der Waals surface area contributed by atoms with Crippen molar-refractivity contribution in [3.63, 3.8) is 0 Å². The Morgan fingerprint density at radius 2 is 1.62 bits per heavy atom. The van der Waals surface area contributed by atoms with E-state index in [0.29, 0.717) is 23.7 Å². The Balaban J connectivity index is 1.63. The number of rotatable bonds is 3. The molecule has 2 heterocycles. The summed E-state index contributed by atoms with van der Waals surface area (Å²) < 4.78 is 40.3. The van der Waals surface area contributed by atoms with E-state index in [2.05, 4.69) is 4.98 Å². The second kappa shape index (κ2) is 6.30. The zero-order valence-electron chi connectivity index (χ0n) is 14.2. The van der Waals surface area contributed by atoms with E-state index in [-0.39, 0.29) is 5.82 Å². The van der Waals surface area contributed by atoms with Gasteiger partial charge in [0.2, 0.25) is 10.0 Å². The highest BCUT2D eigenvalue weighted by molar-refractivity contribution is 7.89.